The molecular formula is C16H31N3O. The van der Waals surface area contributed by atoms with E-state index in [0.29, 0.717) is 5.41 Å². The van der Waals surface area contributed by atoms with Crippen LogP contribution in [0.25, 0.3) is 0 Å². The highest BCUT2D eigenvalue weighted by molar-refractivity contribution is 5.79. The molecule has 0 aromatic heterocycles. The Balaban J connectivity index is 2.43. The lowest BCUT2D eigenvalue weighted by atomic mass is 9.67. The van der Waals surface area contributed by atoms with Gasteiger partial charge in [0.05, 0.1) is 0 Å². The minimum atomic E-state index is 0.391. The fourth-order valence-electron chi connectivity index (χ4n) is 2.51. The first kappa shape index (κ1) is 17.0. The van der Waals surface area contributed by atoms with E-state index in [1.807, 2.05) is 0 Å². The summed E-state index contributed by atoms with van der Waals surface area (Å²) in [4.78, 5) is 4.77. The van der Waals surface area contributed by atoms with Gasteiger partial charge in [0.2, 0.25) is 0 Å². The van der Waals surface area contributed by atoms with E-state index in [2.05, 4.69) is 36.6 Å². The van der Waals surface area contributed by atoms with Gasteiger partial charge in [-0.15, -0.1) is 0 Å². The zero-order valence-corrected chi connectivity index (χ0v) is 13.4. The summed E-state index contributed by atoms with van der Waals surface area (Å²) in [6.07, 6.45) is 10.3. The molecule has 0 bridgehead atoms. The molecule has 20 heavy (non-hydrogen) atoms. The summed E-state index contributed by atoms with van der Waals surface area (Å²) in [6, 6.07) is 0. The molecule has 4 nitrogen and oxygen atoms in total. The van der Waals surface area contributed by atoms with Crippen molar-refractivity contribution < 1.29 is 4.74 Å². The number of nitrogens with zero attached hydrogens (tertiary/aromatic N) is 1. The molecule has 1 fully saturated rings. The first-order valence-electron chi connectivity index (χ1n) is 7.88. The third-order valence-electron chi connectivity index (χ3n) is 4.01. The highest BCUT2D eigenvalue weighted by Crippen LogP contribution is 2.44. The minimum absolute atomic E-state index is 0.391. The van der Waals surface area contributed by atoms with Gasteiger partial charge >= 0.3 is 0 Å². The first-order valence-corrected chi connectivity index (χ1v) is 7.88. The van der Waals surface area contributed by atoms with E-state index in [1.165, 1.54) is 19.3 Å². The molecule has 0 heterocycles. The van der Waals surface area contributed by atoms with Crippen molar-refractivity contribution in [1.29, 1.82) is 0 Å². The zero-order chi connectivity index (χ0) is 14.7. The number of allylic oxidation sites excluding steroid dienone is 1. The van der Waals surface area contributed by atoms with E-state index >= 15 is 0 Å². The Morgan fingerprint density at radius 2 is 2.15 bits per heavy atom. The molecule has 2 N–H and O–H groups in total. The molecule has 0 atom stereocenters. The standard InChI is InChI=1S/C16H31N3O/c1-4-6-7-12-18-15(17-5-2)19-14-16(9-8-10-16)11-13-20-3/h4,6H,5,7-14H2,1-3H3,(H2,17,18,19)/b6-4+. The van der Waals surface area contributed by atoms with Gasteiger partial charge in [0.25, 0.3) is 0 Å². The maximum Gasteiger partial charge on any atom is 0.191 e. The van der Waals surface area contributed by atoms with E-state index in [1.54, 1.807) is 7.11 Å². The Bertz CT molecular complexity index is 309. The van der Waals surface area contributed by atoms with Gasteiger partial charge in [0.15, 0.2) is 5.96 Å². The van der Waals surface area contributed by atoms with Crippen LogP contribution >= 0.6 is 0 Å². The Labute approximate surface area is 124 Å². The molecule has 0 unspecified atom stereocenters. The van der Waals surface area contributed by atoms with Crippen LogP contribution in [0.15, 0.2) is 17.1 Å². The molecule has 1 saturated carbocycles. The fourth-order valence-corrected chi connectivity index (χ4v) is 2.51. The molecule has 116 valence electrons. The monoisotopic (exact) mass is 281 g/mol. The molecule has 0 aromatic rings. The molecule has 1 rings (SSSR count). The summed E-state index contributed by atoms with van der Waals surface area (Å²) >= 11 is 0. The second-order valence-corrected chi connectivity index (χ2v) is 5.58. The summed E-state index contributed by atoms with van der Waals surface area (Å²) < 4.78 is 5.23. The van der Waals surface area contributed by atoms with Gasteiger partial charge in [0.1, 0.15) is 0 Å². The highest BCUT2D eigenvalue weighted by atomic mass is 16.5. The second kappa shape index (κ2) is 9.81. The van der Waals surface area contributed by atoms with Crippen molar-refractivity contribution in [3.05, 3.63) is 12.2 Å². The third-order valence-corrected chi connectivity index (χ3v) is 4.01. The number of nitrogens with one attached hydrogen (secondary N) is 2. The Hall–Kier alpha value is -1.03. The molecule has 1 aliphatic rings. The molecular weight excluding hydrogens is 250 g/mol. The molecule has 0 saturated heterocycles. The predicted octanol–water partition coefficient (Wildman–Crippen LogP) is 2.71. The predicted molar refractivity (Wildman–Crippen MR) is 86.2 cm³/mol. The van der Waals surface area contributed by atoms with Gasteiger partial charge in [0, 0.05) is 33.4 Å². The van der Waals surface area contributed by atoms with Gasteiger partial charge in [-0.05, 0) is 44.9 Å². The first-order chi connectivity index (χ1) is 9.76. The van der Waals surface area contributed by atoms with E-state index in [9.17, 15) is 0 Å². The molecule has 1 aliphatic carbocycles. The molecule has 0 aliphatic heterocycles. The molecule has 0 spiro atoms. The molecule has 4 heteroatoms. The summed E-state index contributed by atoms with van der Waals surface area (Å²) in [6.45, 7) is 7.75. The maximum absolute atomic E-state index is 5.23. The van der Waals surface area contributed by atoms with Crippen LogP contribution in [0.4, 0.5) is 0 Å². The van der Waals surface area contributed by atoms with Gasteiger partial charge in [-0.2, -0.15) is 0 Å². The maximum atomic E-state index is 5.23. The van der Waals surface area contributed by atoms with Crippen LogP contribution in [0.3, 0.4) is 0 Å². The van der Waals surface area contributed by atoms with Crippen molar-refractivity contribution in [2.45, 2.75) is 46.0 Å². The van der Waals surface area contributed by atoms with E-state index in [-0.39, 0.29) is 0 Å². The van der Waals surface area contributed by atoms with Crippen molar-refractivity contribution in [3.8, 4) is 0 Å². The number of hydrogen-bond acceptors (Lipinski definition) is 2. The summed E-state index contributed by atoms with van der Waals surface area (Å²) in [5.74, 6) is 0.945. The largest absolute Gasteiger partial charge is 0.385 e. The number of guanidine groups is 1. The Morgan fingerprint density at radius 1 is 1.35 bits per heavy atom. The van der Waals surface area contributed by atoms with E-state index in [0.717, 1.165) is 45.0 Å². The topological polar surface area (TPSA) is 45.7 Å². The summed E-state index contributed by atoms with van der Waals surface area (Å²) in [5.41, 5.74) is 0.391. The van der Waals surface area contributed by atoms with Gasteiger partial charge in [-0.25, -0.2) is 0 Å². The van der Waals surface area contributed by atoms with E-state index in [4.69, 9.17) is 9.73 Å². The average molecular weight is 281 g/mol. The van der Waals surface area contributed by atoms with Crippen molar-refractivity contribution in [2.24, 2.45) is 10.4 Å². The van der Waals surface area contributed by atoms with E-state index < -0.39 is 0 Å². The van der Waals surface area contributed by atoms with Crippen LogP contribution in [0.5, 0.6) is 0 Å². The van der Waals surface area contributed by atoms with Crippen LogP contribution in [0.2, 0.25) is 0 Å². The number of aliphatic imine (C=N–C) groups is 1. The number of methoxy groups -OCH3 is 1. The zero-order valence-electron chi connectivity index (χ0n) is 13.4. The quantitative estimate of drug-likeness (QED) is 0.296. The normalized spacial score (nSPS) is 18.1. The lowest BCUT2D eigenvalue weighted by Crippen LogP contribution is -2.40. The fraction of sp³-hybridized carbons (Fsp3) is 0.812. The minimum Gasteiger partial charge on any atom is -0.385 e. The van der Waals surface area contributed by atoms with Crippen molar-refractivity contribution >= 4 is 5.96 Å². The second-order valence-electron chi connectivity index (χ2n) is 5.58. The van der Waals surface area contributed by atoms with Gasteiger partial charge in [-0.3, -0.25) is 4.99 Å². The SMILES string of the molecule is C/C=C/CCNC(=NCC1(CCOC)CCC1)NCC. The van der Waals surface area contributed by atoms with Crippen molar-refractivity contribution in [2.75, 3.05) is 33.4 Å². The molecule has 0 amide bonds. The molecule has 0 radical (unpaired) electrons. The van der Waals surface area contributed by atoms with Crippen LogP contribution < -0.4 is 10.6 Å². The van der Waals surface area contributed by atoms with Crippen LogP contribution in [-0.4, -0.2) is 39.3 Å². The lowest BCUT2D eigenvalue weighted by Gasteiger charge is -2.40. The van der Waals surface area contributed by atoms with Crippen molar-refractivity contribution in [3.63, 3.8) is 0 Å². The Kier molecular flexibility index (Phi) is 8.35. The molecule has 0 aromatic carbocycles. The third kappa shape index (κ3) is 5.95. The van der Waals surface area contributed by atoms with Crippen LogP contribution in [-0.2, 0) is 4.74 Å². The smallest absolute Gasteiger partial charge is 0.191 e. The number of rotatable bonds is 9. The Morgan fingerprint density at radius 3 is 2.70 bits per heavy atom. The van der Waals surface area contributed by atoms with Gasteiger partial charge < -0.3 is 15.4 Å². The number of hydrogen-bond donors (Lipinski definition) is 2. The average Bonchev–Trinajstić information content (AvgIpc) is 2.41. The van der Waals surface area contributed by atoms with Gasteiger partial charge in [-0.1, -0.05) is 18.6 Å². The van der Waals surface area contributed by atoms with Crippen LogP contribution in [0.1, 0.15) is 46.0 Å². The van der Waals surface area contributed by atoms with Crippen LogP contribution in [0, 0.1) is 5.41 Å². The summed E-state index contributed by atoms with van der Waals surface area (Å²) in [7, 11) is 1.78. The summed E-state index contributed by atoms with van der Waals surface area (Å²) in [5, 5.41) is 6.71. The number of ether oxygens (including phenoxy) is 1. The highest BCUT2D eigenvalue weighted by Gasteiger charge is 2.36. The van der Waals surface area contributed by atoms with Crippen molar-refractivity contribution in [1.82, 2.24) is 10.6 Å². The lowest BCUT2D eigenvalue weighted by molar-refractivity contribution is 0.0778.